The Morgan fingerprint density at radius 3 is 2.75 bits per heavy atom. The summed E-state index contributed by atoms with van der Waals surface area (Å²) in [5.41, 5.74) is 0.322. The van der Waals surface area contributed by atoms with Gasteiger partial charge in [0.2, 0.25) is 0 Å². The molecule has 3 nitrogen and oxygen atoms in total. The molecule has 1 aromatic rings. The molecule has 0 saturated carbocycles. The summed E-state index contributed by atoms with van der Waals surface area (Å²) in [6.45, 7) is 0. The van der Waals surface area contributed by atoms with Gasteiger partial charge >= 0.3 is 0 Å². The van der Waals surface area contributed by atoms with E-state index in [9.17, 15) is 4.79 Å². The van der Waals surface area contributed by atoms with Crippen LogP contribution in [-0.2, 0) is 4.44 Å². The number of carbonyl (C=O) groups is 1. The van der Waals surface area contributed by atoms with E-state index in [1.165, 1.54) is 6.07 Å². The molecule has 0 radical (unpaired) electrons. The first kappa shape index (κ1) is 9.32. The number of carbonyl (C=O) groups excluding carboxylic acids is 1. The van der Waals surface area contributed by atoms with E-state index in [0.29, 0.717) is 11.3 Å². The van der Waals surface area contributed by atoms with Crippen molar-refractivity contribution in [2.24, 2.45) is 0 Å². The first-order chi connectivity index (χ1) is 5.74. The Hall–Kier alpha value is -0.770. The zero-order chi connectivity index (χ0) is 8.97. The third-order valence-electron chi connectivity index (χ3n) is 1.19. The molecule has 64 valence electrons. The van der Waals surface area contributed by atoms with Gasteiger partial charge in [0.25, 0.3) is 5.24 Å². The minimum Gasteiger partial charge on any atom is -0.320 e. The predicted octanol–water partition coefficient (Wildman–Crippen LogP) is 2.53. The summed E-state index contributed by atoms with van der Waals surface area (Å²) < 4.78 is 3.88. The molecule has 0 aliphatic heterocycles. The standard InChI is InChI=1S/C7H4Cl2O3/c8-7(10)5-2-1-3-6(4-5)11-12-9/h1-4H. The Morgan fingerprint density at radius 1 is 1.42 bits per heavy atom. The predicted molar refractivity (Wildman–Crippen MR) is 44.2 cm³/mol. The van der Waals surface area contributed by atoms with Crippen molar-refractivity contribution in [3.8, 4) is 5.75 Å². The van der Waals surface area contributed by atoms with E-state index in [2.05, 4.69) is 9.33 Å². The number of halogens is 2. The minimum atomic E-state index is -0.560. The second-order valence-corrected chi connectivity index (χ2v) is 2.42. The van der Waals surface area contributed by atoms with Crippen LogP contribution in [0.5, 0.6) is 5.75 Å². The van der Waals surface area contributed by atoms with Crippen LogP contribution < -0.4 is 4.89 Å². The Balaban J connectivity index is 2.88. The maximum Gasteiger partial charge on any atom is 0.252 e. The third-order valence-corrected chi connectivity index (χ3v) is 1.47. The maximum atomic E-state index is 10.6. The van der Waals surface area contributed by atoms with Crippen LogP contribution in [0.4, 0.5) is 0 Å². The molecule has 0 saturated heterocycles. The second kappa shape index (κ2) is 4.30. The van der Waals surface area contributed by atoms with Crippen LogP contribution in [0.1, 0.15) is 10.4 Å². The van der Waals surface area contributed by atoms with E-state index in [4.69, 9.17) is 23.5 Å². The van der Waals surface area contributed by atoms with Crippen LogP contribution in [0.25, 0.3) is 0 Å². The molecular formula is C7H4Cl2O3. The van der Waals surface area contributed by atoms with Gasteiger partial charge in [-0.25, -0.2) is 0 Å². The van der Waals surface area contributed by atoms with Gasteiger partial charge in [0, 0.05) is 5.56 Å². The highest BCUT2D eigenvalue weighted by Crippen LogP contribution is 2.15. The molecule has 0 aromatic heterocycles. The van der Waals surface area contributed by atoms with E-state index >= 15 is 0 Å². The third kappa shape index (κ3) is 2.37. The lowest BCUT2D eigenvalue weighted by Crippen LogP contribution is -1.91. The molecule has 0 amide bonds. The van der Waals surface area contributed by atoms with Gasteiger partial charge in [0.15, 0.2) is 5.75 Å². The molecule has 0 aliphatic rings. The Kier molecular flexibility index (Phi) is 3.34. The van der Waals surface area contributed by atoms with Crippen molar-refractivity contribution in [3.05, 3.63) is 29.8 Å². The molecule has 0 spiro atoms. The quantitative estimate of drug-likeness (QED) is 0.434. The molecule has 0 bridgehead atoms. The van der Waals surface area contributed by atoms with E-state index in [0.717, 1.165) is 0 Å². The van der Waals surface area contributed by atoms with Crippen LogP contribution in [0.15, 0.2) is 24.3 Å². The van der Waals surface area contributed by atoms with Crippen molar-refractivity contribution in [1.29, 1.82) is 0 Å². The second-order valence-electron chi connectivity index (χ2n) is 1.95. The molecule has 0 unspecified atom stereocenters. The highest BCUT2D eigenvalue weighted by atomic mass is 35.5. The van der Waals surface area contributed by atoms with E-state index in [1.807, 2.05) is 0 Å². The van der Waals surface area contributed by atoms with Gasteiger partial charge in [-0.1, -0.05) is 10.5 Å². The molecule has 0 heterocycles. The summed E-state index contributed by atoms with van der Waals surface area (Å²) in [4.78, 5) is 15.1. The van der Waals surface area contributed by atoms with Crippen molar-refractivity contribution in [2.45, 2.75) is 0 Å². The molecule has 12 heavy (non-hydrogen) atoms. The van der Waals surface area contributed by atoms with Crippen molar-refractivity contribution >= 4 is 28.7 Å². The number of hydrogen-bond donors (Lipinski definition) is 0. The van der Waals surface area contributed by atoms with E-state index < -0.39 is 5.24 Å². The monoisotopic (exact) mass is 206 g/mol. The lowest BCUT2D eigenvalue weighted by molar-refractivity contribution is -0.0918. The van der Waals surface area contributed by atoms with Crippen LogP contribution >= 0.6 is 23.5 Å². The zero-order valence-electron chi connectivity index (χ0n) is 5.79. The van der Waals surface area contributed by atoms with Crippen molar-refractivity contribution in [1.82, 2.24) is 0 Å². The number of benzene rings is 1. The van der Waals surface area contributed by atoms with Gasteiger partial charge in [-0.15, -0.1) is 0 Å². The van der Waals surface area contributed by atoms with Gasteiger partial charge < -0.3 is 4.89 Å². The molecule has 0 atom stereocenters. The Bertz CT molecular complexity index is 288. The van der Waals surface area contributed by atoms with Crippen LogP contribution in [0.3, 0.4) is 0 Å². The largest absolute Gasteiger partial charge is 0.320 e. The first-order valence-corrected chi connectivity index (χ1v) is 3.68. The van der Waals surface area contributed by atoms with Crippen LogP contribution in [-0.4, -0.2) is 5.24 Å². The summed E-state index contributed by atoms with van der Waals surface area (Å²) in [5.74, 6) is 0.316. The van der Waals surface area contributed by atoms with Gasteiger partial charge in [-0.2, -0.15) is 0 Å². The molecule has 0 N–H and O–H groups in total. The van der Waals surface area contributed by atoms with Gasteiger partial charge in [-0.05, 0) is 29.8 Å². The SMILES string of the molecule is O=C(Cl)c1cccc(OOCl)c1. The fourth-order valence-electron chi connectivity index (χ4n) is 0.707. The molecule has 1 rings (SSSR count). The molecule has 1 aromatic carbocycles. The lowest BCUT2D eigenvalue weighted by atomic mass is 10.2. The molecule has 0 aliphatic carbocycles. The maximum absolute atomic E-state index is 10.6. The van der Waals surface area contributed by atoms with Crippen molar-refractivity contribution in [3.63, 3.8) is 0 Å². The minimum absolute atomic E-state index is 0.316. The normalized spacial score (nSPS) is 9.50. The topological polar surface area (TPSA) is 35.5 Å². The summed E-state index contributed by atoms with van der Waals surface area (Å²) >= 11 is 10.0. The van der Waals surface area contributed by atoms with Gasteiger partial charge in [0.1, 0.15) is 11.9 Å². The smallest absolute Gasteiger partial charge is 0.252 e. The van der Waals surface area contributed by atoms with Gasteiger partial charge in [0.05, 0.1) is 0 Å². The number of rotatable bonds is 3. The lowest BCUT2D eigenvalue weighted by Gasteiger charge is -1.98. The summed E-state index contributed by atoms with van der Waals surface area (Å²) in [6.07, 6.45) is 0. The highest BCUT2D eigenvalue weighted by molar-refractivity contribution is 6.67. The van der Waals surface area contributed by atoms with Crippen LogP contribution in [0, 0.1) is 0 Å². The van der Waals surface area contributed by atoms with Crippen molar-refractivity contribution < 1.29 is 14.1 Å². The summed E-state index contributed by atoms with van der Waals surface area (Å²) in [6, 6.07) is 6.14. The average Bonchev–Trinajstić information content (AvgIpc) is 2.05. The average molecular weight is 207 g/mol. The molecule has 0 fully saturated rings. The fourth-order valence-corrected chi connectivity index (χ4v) is 0.897. The zero-order valence-corrected chi connectivity index (χ0v) is 7.30. The van der Waals surface area contributed by atoms with Gasteiger partial charge in [-0.3, -0.25) is 4.79 Å². The Morgan fingerprint density at radius 2 is 2.17 bits per heavy atom. The molecular weight excluding hydrogens is 203 g/mol. The Labute approximate surface area is 78.9 Å². The van der Waals surface area contributed by atoms with Crippen molar-refractivity contribution in [2.75, 3.05) is 0 Å². The van der Waals surface area contributed by atoms with E-state index in [1.54, 1.807) is 18.2 Å². The summed E-state index contributed by atoms with van der Waals surface area (Å²) in [5, 5.41) is -0.560. The van der Waals surface area contributed by atoms with E-state index in [-0.39, 0.29) is 0 Å². The number of hydrogen-bond acceptors (Lipinski definition) is 3. The first-order valence-electron chi connectivity index (χ1n) is 2.99. The highest BCUT2D eigenvalue weighted by Gasteiger charge is 2.02. The summed E-state index contributed by atoms with van der Waals surface area (Å²) in [7, 11) is 0. The fraction of sp³-hybridized carbons (Fsp3) is 0. The molecule has 5 heteroatoms. The van der Waals surface area contributed by atoms with Crippen LogP contribution in [0.2, 0.25) is 0 Å².